The molecule has 21 heavy (non-hydrogen) atoms. The minimum Gasteiger partial charge on any atom is -0.387 e. The van der Waals surface area contributed by atoms with E-state index in [0.29, 0.717) is 18.2 Å². The fourth-order valence-corrected chi connectivity index (χ4v) is 2.39. The zero-order chi connectivity index (χ0) is 14.8. The number of halogens is 1. The number of hydrogen-bond donors (Lipinski definition) is 1. The highest BCUT2D eigenvalue weighted by Gasteiger charge is 2.31. The van der Waals surface area contributed by atoms with E-state index in [1.54, 1.807) is 18.5 Å². The summed E-state index contributed by atoms with van der Waals surface area (Å²) < 4.78 is 13.0. The van der Waals surface area contributed by atoms with Gasteiger partial charge in [0.1, 0.15) is 18.0 Å². The quantitative estimate of drug-likeness (QED) is 0.918. The van der Waals surface area contributed by atoms with Gasteiger partial charge >= 0.3 is 0 Å². The van der Waals surface area contributed by atoms with Gasteiger partial charge in [-0.1, -0.05) is 12.1 Å². The Labute approximate surface area is 123 Å². The average molecular weight is 287 g/mol. The predicted octanol–water partition coefficient (Wildman–Crippen LogP) is 2.63. The summed E-state index contributed by atoms with van der Waals surface area (Å²) in [5.74, 6) is 0.544. The second kappa shape index (κ2) is 5.77. The first-order valence-electron chi connectivity index (χ1n) is 7.12. The fraction of sp³-hybridized carbons (Fsp3) is 0.375. The van der Waals surface area contributed by atoms with Crippen molar-refractivity contribution in [2.45, 2.75) is 31.9 Å². The number of hydrogen-bond acceptors (Lipinski definition) is 4. The van der Waals surface area contributed by atoms with Gasteiger partial charge < -0.3 is 10.0 Å². The largest absolute Gasteiger partial charge is 0.387 e. The molecule has 4 nitrogen and oxygen atoms in total. The van der Waals surface area contributed by atoms with Crippen molar-refractivity contribution in [3.05, 3.63) is 53.7 Å². The third-order valence-corrected chi connectivity index (χ3v) is 3.70. The van der Waals surface area contributed by atoms with E-state index in [0.717, 1.165) is 24.4 Å². The number of aliphatic hydroxyl groups is 1. The Hall–Kier alpha value is -2.01. The maximum atomic E-state index is 13.0. The Morgan fingerprint density at radius 2 is 2.00 bits per heavy atom. The van der Waals surface area contributed by atoms with E-state index >= 15 is 0 Å². The molecule has 1 heterocycles. The van der Waals surface area contributed by atoms with E-state index in [4.69, 9.17) is 0 Å². The van der Waals surface area contributed by atoms with Crippen LogP contribution in [-0.2, 0) is 0 Å². The Bertz CT molecular complexity index is 613. The summed E-state index contributed by atoms with van der Waals surface area (Å²) in [6.07, 6.45) is 3.10. The van der Waals surface area contributed by atoms with Gasteiger partial charge in [-0.3, -0.25) is 0 Å². The molecule has 1 aromatic heterocycles. The van der Waals surface area contributed by atoms with Crippen LogP contribution in [0.15, 0.2) is 36.7 Å². The Balaban J connectivity index is 1.77. The molecule has 3 rings (SSSR count). The zero-order valence-electron chi connectivity index (χ0n) is 11.9. The highest BCUT2D eigenvalue weighted by atomic mass is 19.1. The van der Waals surface area contributed by atoms with E-state index in [1.807, 2.05) is 13.0 Å². The number of nitrogens with zero attached hydrogens (tertiary/aromatic N) is 3. The van der Waals surface area contributed by atoms with Crippen molar-refractivity contribution in [3.8, 4) is 0 Å². The van der Waals surface area contributed by atoms with Crippen LogP contribution in [0.2, 0.25) is 0 Å². The summed E-state index contributed by atoms with van der Waals surface area (Å²) in [7, 11) is 0. The van der Waals surface area contributed by atoms with E-state index < -0.39 is 6.10 Å². The van der Waals surface area contributed by atoms with Gasteiger partial charge in [0.15, 0.2) is 0 Å². The maximum Gasteiger partial charge on any atom is 0.132 e. The van der Waals surface area contributed by atoms with Crippen LogP contribution in [0.1, 0.15) is 30.2 Å². The lowest BCUT2D eigenvalue weighted by Gasteiger charge is -2.26. The number of anilines is 1. The molecule has 2 aromatic rings. The van der Waals surface area contributed by atoms with Crippen LogP contribution in [0.5, 0.6) is 0 Å². The molecule has 0 bridgehead atoms. The number of aromatic nitrogens is 2. The fourth-order valence-electron chi connectivity index (χ4n) is 2.39. The zero-order valence-corrected chi connectivity index (χ0v) is 11.9. The van der Waals surface area contributed by atoms with Crippen LogP contribution < -0.4 is 4.90 Å². The molecule has 0 aliphatic heterocycles. The second-order valence-electron chi connectivity index (χ2n) is 5.47. The van der Waals surface area contributed by atoms with Crippen molar-refractivity contribution >= 4 is 5.82 Å². The third-order valence-electron chi connectivity index (χ3n) is 3.70. The monoisotopic (exact) mass is 287 g/mol. The summed E-state index contributed by atoms with van der Waals surface area (Å²) in [5, 5.41) is 10.4. The highest BCUT2D eigenvalue weighted by Crippen LogP contribution is 2.32. The summed E-state index contributed by atoms with van der Waals surface area (Å²) in [6, 6.07) is 8.33. The first-order valence-corrected chi connectivity index (χ1v) is 7.12. The van der Waals surface area contributed by atoms with Gasteiger partial charge in [0.25, 0.3) is 0 Å². The van der Waals surface area contributed by atoms with Crippen LogP contribution in [0.4, 0.5) is 10.2 Å². The van der Waals surface area contributed by atoms with Crippen molar-refractivity contribution in [2.24, 2.45) is 0 Å². The summed E-state index contributed by atoms with van der Waals surface area (Å²) in [6.45, 7) is 2.37. The lowest BCUT2D eigenvalue weighted by Crippen LogP contribution is -2.31. The third kappa shape index (κ3) is 3.36. The number of aliphatic hydroxyl groups excluding tert-OH is 1. The SMILES string of the molecule is Cc1cc(N(CC(O)c2ccc(F)cc2)C2CC2)ncn1. The van der Waals surface area contributed by atoms with Gasteiger partial charge in [-0.25, -0.2) is 14.4 Å². The molecular weight excluding hydrogens is 269 g/mol. The van der Waals surface area contributed by atoms with E-state index in [-0.39, 0.29) is 5.82 Å². The van der Waals surface area contributed by atoms with Crippen LogP contribution in [0.25, 0.3) is 0 Å². The van der Waals surface area contributed by atoms with Crippen LogP contribution in [-0.4, -0.2) is 27.7 Å². The first kappa shape index (κ1) is 13.9. The van der Waals surface area contributed by atoms with E-state index in [2.05, 4.69) is 14.9 Å². The number of aryl methyl sites for hydroxylation is 1. The molecule has 0 spiro atoms. The molecule has 1 fully saturated rings. The average Bonchev–Trinajstić information content (AvgIpc) is 3.30. The Morgan fingerprint density at radius 3 is 2.62 bits per heavy atom. The molecule has 0 radical (unpaired) electrons. The van der Waals surface area contributed by atoms with Crippen LogP contribution in [0, 0.1) is 12.7 Å². The topological polar surface area (TPSA) is 49.2 Å². The normalized spacial score (nSPS) is 15.8. The van der Waals surface area contributed by atoms with Gasteiger partial charge in [-0.05, 0) is 37.5 Å². The molecule has 1 N–H and O–H groups in total. The lowest BCUT2D eigenvalue weighted by atomic mass is 10.1. The second-order valence-corrected chi connectivity index (χ2v) is 5.47. The van der Waals surface area contributed by atoms with Crippen molar-refractivity contribution in [1.82, 2.24) is 9.97 Å². The molecule has 1 atom stereocenters. The van der Waals surface area contributed by atoms with Crippen LogP contribution in [0.3, 0.4) is 0 Å². The molecule has 1 aliphatic carbocycles. The van der Waals surface area contributed by atoms with Crippen molar-refractivity contribution in [2.75, 3.05) is 11.4 Å². The Kier molecular flexibility index (Phi) is 3.84. The lowest BCUT2D eigenvalue weighted by molar-refractivity contribution is 0.182. The molecule has 0 saturated heterocycles. The van der Waals surface area contributed by atoms with Crippen molar-refractivity contribution in [3.63, 3.8) is 0 Å². The molecular formula is C16H18FN3O. The molecule has 1 unspecified atom stereocenters. The Morgan fingerprint density at radius 1 is 1.29 bits per heavy atom. The minimum absolute atomic E-state index is 0.295. The minimum atomic E-state index is -0.665. The standard InChI is InChI=1S/C16H18FN3O/c1-11-8-16(19-10-18-11)20(14-6-7-14)9-15(21)12-2-4-13(17)5-3-12/h2-5,8,10,14-15,21H,6-7,9H2,1H3. The summed E-state index contributed by atoms with van der Waals surface area (Å²) >= 11 is 0. The van der Waals surface area contributed by atoms with Crippen molar-refractivity contribution < 1.29 is 9.50 Å². The molecule has 1 saturated carbocycles. The van der Waals surface area contributed by atoms with Gasteiger partial charge in [0.2, 0.25) is 0 Å². The van der Waals surface area contributed by atoms with Gasteiger partial charge in [0, 0.05) is 24.3 Å². The first-order chi connectivity index (χ1) is 10.1. The van der Waals surface area contributed by atoms with Gasteiger partial charge in [-0.2, -0.15) is 0 Å². The molecule has 5 heteroatoms. The summed E-state index contributed by atoms with van der Waals surface area (Å²) in [4.78, 5) is 10.5. The number of benzene rings is 1. The van der Waals surface area contributed by atoms with Crippen molar-refractivity contribution in [1.29, 1.82) is 0 Å². The molecule has 1 aromatic carbocycles. The van der Waals surface area contributed by atoms with E-state index in [1.165, 1.54) is 12.1 Å². The smallest absolute Gasteiger partial charge is 0.132 e. The molecule has 1 aliphatic rings. The molecule has 110 valence electrons. The summed E-state index contributed by atoms with van der Waals surface area (Å²) in [5.41, 5.74) is 1.62. The number of rotatable bonds is 5. The molecule has 0 amide bonds. The van der Waals surface area contributed by atoms with Gasteiger partial charge in [-0.15, -0.1) is 0 Å². The highest BCUT2D eigenvalue weighted by molar-refractivity contribution is 5.42. The predicted molar refractivity (Wildman–Crippen MR) is 78.5 cm³/mol. The van der Waals surface area contributed by atoms with Crippen LogP contribution >= 0.6 is 0 Å². The van der Waals surface area contributed by atoms with E-state index in [9.17, 15) is 9.50 Å². The van der Waals surface area contributed by atoms with Gasteiger partial charge in [0.05, 0.1) is 6.10 Å². The maximum absolute atomic E-state index is 13.0.